The molecule has 0 radical (unpaired) electrons. The summed E-state index contributed by atoms with van der Waals surface area (Å²) in [4.78, 5) is 0. The molecule has 0 amide bonds. The number of aryl methyl sites for hydroxylation is 1. The van der Waals surface area contributed by atoms with Crippen LogP contribution >= 0.6 is 0 Å². The number of ether oxygens (including phenoxy) is 2. The number of methoxy groups -OCH3 is 1. The summed E-state index contributed by atoms with van der Waals surface area (Å²) in [6, 6.07) is 4.34. The second-order valence-corrected chi connectivity index (χ2v) is 4.93. The van der Waals surface area contributed by atoms with Crippen molar-refractivity contribution in [3.63, 3.8) is 0 Å². The molecule has 1 aromatic rings. The number of hydrogen-bond acceptors (Lipinski definition) is 2. The Bertz CT molecular complexity index is 411. The van der Waals surface area contributed by atoms with Gasteiger partial charge in [-0.25, -0.2) is 0 Å². The molecule has 0 aromatic heterocycles. The largest absolute Gasteiger partial charge is 0.493 e. The summed E-state index contributed by atoms with van der Waals surface area (Å²) >= 11 is 0. The zero-order chi connectivity index (χ0) is 11.1. The first-order chi connectivity index (χ1) is 7.79. The highest BCUT2D eigenvalue weighted by molar-refractivity contribution is 5.53. The lowest BCUT2D eigenvalue weighted by molar-refractivity contribution is 0.160. The fourth-order valence-electron chi connectivity index (χ4n) is 3.07. The first-order valence-corrected chi connectivity index (χ1v) is 6.15. The fraction of sp³-hybridized carbons (Fsp3) is 0.571. The average molecular weight is 218 g/mol. The zero-order valence-electron chi connectivity index (χ0n) is 9.95. The van der Waals surface area contributed by atoms with E-state index in [-0.39, 0.29) is 0 Å². The predicted octanol–water partition coefficient (Wildman–Crippen LogP) is 3.42. The topological polar surface area (TPSA) is 18.5 Å². The summed E-state index contributed by atoms with van der Waals surface area (Å²) in [5.74, 6) is 2.52. The molecule has 0 bridgehead atoms. The Morgan fingerprint density at radius 1 is 1.25 bits per heavy atom. The SMILES string of the molecule is COc1cc(C)cc2c1OC1CCCCC21. The number of hydrogen-bond donors (Lipinski definition) is 0. The standard InChI is InChI=1S/C14H18O2/c1-9-7-11-10-5-3-4-6-12(10)16-14(11)13(8-9)15-2/h7-8,10,12H,3-6H2,1-2H3. The van der Waals surface area contributed by atoms with E-state index in [0.29, 0.717) is 12.0 Å². The van der Waals surface area contributed by atoms with Crippen LogP contribution in [0.4, 0.5) is 0 Å². The summed E-state index contributed by atoms with van der Waals surface area (Å²) in [5, 5.41) is 0. The summed E-state index contributed by atoms with van der Waals surface area (Å²) in [6.07, 6.45) is 5.50. The van der Waals surface area contributed by atoms with Gasteiger partial charge in [-0.05, 0) is 37.8 Å². The van der Waals surface area contributed by atoms with Crippen LogP contribution in [0, 0.1) is 6.92 Å². The van der Waals surface area contributed by atoms with Crippen molar-refractivity contribution in [2.24, 2.45) is 0 Å². The zero-order valence-corrected chi connectivity index (χ0v) is 9.95. The molecule has 2 aliphatic rings. The molecule has 0 spiro atoms. The second kappa shape index (κ2) is 3.69. The maximum atomic E-state index is 6.06. The van der Waals surface area contributed by atoms with E-state index >= 15 is 0 Å². The number of fused-ring (bicyclic) bond motifs is 3. The molecule has 1 fully saturated rings. The van der Waals surface area contributed by atoms with Crippen LogP contribution in [-0.4, -0.2) is 13.2 Å². The molecule has 0 saturated heterocycles. The highest BCUT2D eigenvalue weighted by Gasteiger charge is 2.37. The van der Waals surface area contributed by atoms with Gasteiger partial charge in [0, 0.05) is 11.5 Å². The van der Waals surface area contributed by atoms with Gasteiger partial charge in [-0.1, -0.05) is 12.5 Å². The van der Waals surface area contributed by atoms with Gasteiger partial charge in [-0.3, -0.25) is 0 Å². The van der Waals surface area contributed by atoms with Gasteiger partial charge in [0.2, 0.25) is 0 Å². The van der Waals surface area contributed by atoms with Crippen LogP contribution in [0.1, 0.15) is 42.7 Å². The van der Waals surface area contributed by atoms with E-state index < -0.39 is 0 Å². The molecule has 1 aromatic carbocycles. The fourth-order valence-corrected chi connectivity index (χ4v) is 3.07. The van der Waals surface area contributed by atoms with E-state index in [1.54, 1.807) is 7.11 Å². The maximum absolute atomic E-state index is 6.06. The predicted molar refractivity (Wildman–Crippen MR) is 63.4 cm³/mol. The monoisotopic (exact) mass is 218 g/mol. The summed E-state index contributed by atoms with van der Waals surface area (Å²) < 4.78 is 11.5. The minimum absolute atomic E-state index is 0.402. The minimum Gasteiger partial charge on any atom is -0.493 e. The normalized spacial score (nSPS) is 26.9. The minimum atomic E-state index is 0.402. The molecule has 2 atom stereocenters. The highest BCUT2D eigenvalue weighted by atomic mass is 16.5. The van der Waals surface area contributed by atoms with Crippen LogP contribution in [-0.2, 0) is 0 Å². The van der Waals surface area contributed by atoms with E-state index in [1.807, 2.05) is 0 Å². The van der Waals surface area contributed by atoms with Crippen molar-refractivity contribution in [1.29, 1.82) is 0 Å². The van der Waals surface area contributed by atoms with Crippen molar-refractivity contribution in [3.05, 3.63) is 23.3 Å². The third-order valence-electron chi connectivity index (χ3n) is 3.82. The molecule has 0 N–H and O–H groups in total. The number of rotatable bonds is 1. The van der Waals surface area contributed by atoms with Gasteiger partial charge in [0.1, 0.15) is 6.10 Å². The van der Waals surface area contributed by atoms with Gasteiger partial charge in [-0.15, -0.1) is 0 Å². The molecular formula is C14H18O2. The Balaban J connectivity index is 2.07. The van der Waals surface area contributed by atoms with Crippen molar-refractivity contribution in [2.75, 3.05) is 7.11 Å². The molecule has 3 rings (SSSR count). The van der Waals surface area contributed by atoms with Crippen LogP contribution in [0.3, 0.4) is 0 Å². The lowest BCUT2D eigenvalue weighted by atomic mass is 9.83. The summed E-state index contributed by atoms with van der Waals surface area (Å²) in [5.41, 5.74) is 2.65. The van der Waals surface area contributed by atoms with Crippen LogP contribution < -0.4 is 9.47 Å². The molecule has 1 saturated carbocycles. The molecule has 86 valence electrons. The lowest BCUT2D eigenvalue weighted by Crippen LogP contribution is -2.22. The van der Waals surface area contributed by atoms with Gasteiger partial charge in [0.25, 0.3) is 0 Å². The Labute approximate surface area is 96.6 Å². The van der Waals surface area contributed by atoms with Gasteiger partial charge in [0.15, 0.2) is 11.5 Å². The lowest BCUT2D eigenvalue weighted by Gasteiger charge is -2.23. The van der Waals surface area contributed by atoms with Crippen LogP contribution in [0.5, 0.6) is 11.5 Å². The van der Waals surface area contributed by atoms with E-state index in [9.17, 15) is 0 Å². The molecule has 2 unspecified atom stereocenters. The highest BCUT2D eigenvalue weighted by Crippen LogP contribution is 2.49. The molecule has 16 heavy (non-hydrogen) atoms. The van der Waals surface area contributed by atoms with E-state index in [2.05, 4.69) is 19.1 Å². The van der Waals surface area contributed by atoms with Crippen molar-refractivity contribution in [1.82, 2.24) is 0 Å². The van der Waals surface area contributed by atoms with Crippen LogP contribution in [0.2, 0.25) is 0 Å². The van der Waals surface area contributed by atoms with E-state index in [4.69, 9.17) is 9.47 Å². The first-order valence-electron chi connectivity index (χ1n) is 6.15. The van der Waals surface area contributed by atoms with Gasteiger partial charge in [0.05, 0.1) is 7.11 Å². The molecule has 2 heteroatoms. The molecule has 1 aliphatic heterocycles. The van der Waals surface area contributed by atoms with E-state index in [0.717, 1.165) is 11.5 Å². The maximum Gasteiger partial charge on any atom is 0.165 e. The Morgan fingerprint density at radius 2 is 2.06 bits per heavy atom. The van der Waals surface area contributed by atoms with Crippen molar-refractivity contribution < 1.29 is 9.47 Å². The number of benzene rings is 1. The van der Waals surface area contributed by atoms with Crippen LogP contribution in [0.25, 0.3) is 0 Å². The molecule has 1 aliphatic carbocycles. The first kappa shape index (κ1) is 10.0. The molecule has 1 heterocycles. The van der Waals surface area contributed by atoms with E-state index in [1.165, 1.54) is 36.8 Å². The third-order valence-corrected chi connectivity index (χ3v) is 3.82. The molecule has 2 nitrogen and oxygen atoms in total. The van der Waals surface area contributed by atoms with Gasteiger partial charge < -0.3 is 9.47 Å². The van der Waals surface area contributed by atoms with Crippen molar-refractivity contribution in [3.8, 4) is 11.5 Å². The van der Waals surface area contributed by atoms with Gasteiger partial charge >= 0.3 is 0 Å². The van der Waals surface area contributed by atoms with Gasteiger partial charge in [-0.2, -0.15) is 0 Å². The summed E-state index contributed by atoms with van der Waals surface area (Å²) in [7, 11) is 1.72. The quantitative estimate of drug-likeness (QED) is 0.719. The molecular weight excluding hydrogens is 200 g/mol. The smallest absolute Gasteiger partial charge is 0.165 e. The Kier molecular flexibility index (Phi) is 2.31. The van der Waals surface area contributed by atoms with Crippen molar-refractivity contribution in [2.45, 2.75) is 44.6 Å². The Hall–Kier alpha value is -1.18. The average Bonchev–Trinajstić information content (AvgIpc) is 2.67. The van der Waals surface area contributed by atoms with Crippen LogP contribution in [0.15, 0.2) is 12.1 Å². The van der Waals surface area contributed by atoms with Crippen molar-refractivity contribution >= 4 is 0 Å². The summed E-state index contributed by atoms with van der Waals surface area (Å²) in [6.45, 7) is 2.12. The Morgan fingerprint density at radius 3 is 2.88 bits per heavy atom. The second-order valence-electron chi connectivity index (χ2n) is 4.93. The third kappa shape index (κ3) is 1.40.